The smallest absolute Gasteiger partial charge is 0.0937 e. The fraction of sp³-hybridized carbons (Fsp3) is 0.625. The molecule has 0 bridgehead atoms. The molecule has 0 fully saturated rings. The van der Waals surface area contributed by atoms with Gasteiger partial charge in [0.2, 0.25) is 0 Å². The van der Waals surface area contributed by atoms with Crippen LogP contribution < -0.4 is 0 Å². The molecule has 0 atom stereocenters. The predicted octanol–water partition coefficient (Wildman–Crippen LogP) is 3.59. The van der Waals surface area contributed by atoms with Crippen molar-refractivity contribution in [3.8, 4) is 0 Å². The van der Waals surface area contributed by atoms with Gasteiger partial charge in [-0.3, -0.25) is 0 Å². The molecular weight excluding hydrogens is 222 g/mol. The molecule has 1 aromatic heterocycles. The van der Waals surface area contributed by atoms with Gasteiger partial charge in [-0.15, -0.1) is 11.3 Å². The minimum atomic E-state index is 0.529. The predicted molar refractivity (Wildman–Crippen MR) is 53.3 cm³/mol. The molecule has 0 saturated carbocycles. The maximum absolute atomic E-state index is 4.50. The van der Waals surface area contributed by atoms with Crippen LogP contribution in [-0.4, -0.2) is 4.98 Å². The van der Waals surface area contributed by atoms with Crippen molar-refractivity contribution < 1.29 is 0 Å². The average molecular weight is 234 g/mol. The van der Waals surface area contributed by atoms with Crippen LogP contribution in [0.15, 0.2) is 3.79 Å². The normalized spacial score (nSPS) is 11.0. The number of rotatable bonds is 2. The lowest BCUT2D eigenvalue weighted by Gasteiger charge is -1.98. The zero-order valence-corrected chi connectivity index (χ0v) is 9.42. The van der Waals surface area contributed by atoms with Crippen LogP contribution >= 0.6 is 27.3 Å². The number of hydrogen-bond acceptors (Lipinski definition) is 2. The van der Waals surface area contributed by atoms with Gasteiger partial charge in [0.1, 0.15) is 0 Å². The Kier molecular flexibility index (Phi) is 3.07. The lowest BCUT2D eigenvalue weighted by atomic mass is 10.2. The quantitative estimate of drug-likeness (QED) is 0.761. The summed E-state index contributed by atoms with van der Waals surface area (Å²) in [6.07, 6.45) is 1.04. The van der Waals surface area contributed by atoms with Crippen molar-refractivity contribution in [3.05, 3.63) is 14.5 Å². The molecule has 0 spiro atoms. The molecule has 1 rings (SSSR count). The van der Waals surface area contributed by atoms with Gasteiger partial charge in [0.15, 0.2) is 0 Å². The highest BCUT2D eigenvalue weighted by Gasteiger charge is 2.10. The van der Waals surface area contributed by atoms with E-state index in [-0.39, 0.29) is 0 Å². The van der Waals surface area contributed by atoms with E-state index in [0.717, 1.165) is 6.42 Å². The molecule has 0 radical (unpaired) electrons. The summed E-state index contributed by atoms with van der Waals surface area (Å²) < 4.78 is 1.20. The van der Waals surface area contributed by atoms with Crippen LogP contribution in [0.3, 0.4) is 0 Å². The number of thiazole rings is 1. The van der Waals surface area contributed by atoms with Gasteiger partial charge in [0.05, 0.1) is 14.5 Å². The van der Waals surface area contributed by atoms with E-state index in [9.17, 15) is 0 Å². The van der Waals surface area contributed by atoms with Gasteiger partial charge in [-0.05, 0) is 28.3 Å². The summed E-state index contributed by atoms with van der Waals surface area (Å²) in [4.78, 5) is 4.50. The Morgan fingerprint density at radius 1 is 1.55 bits per heavy atom. The summed E-state index contributed by atoms with van der Waals surface area (Å²) in [6, 6.07) is 0. The highest BCUT2D eigenvalue weighted by atomic mass is 79.9. The molecule has 0 aliphatic heterocycles. The Morgan fingerprint density at radius 3 is 2.45 bits per heavy atom. The van der Waals surface area contributed by atoms with Gasteiger partial charge in [0, 0.05) is 0 Å². The third kappa shape index (κ3) is 2.03. The van der Waals surface area contributed by atoms with Crippen molar-refractivity contribution in [3.63, 3.8) is 0 Å². The topological polar surface area (TPSA) is 12.9 Å². The third-order valence-corrected chi connectivity index (χ3v) is 3.40. The summed E-state index contributed by atoms with van der Waals surface area (Å²) in [5.41, 5.74) is 1.20. The lowest BCUT2D eigenvalue weighted by Crippen LogP contribution is -1.88. The molecule has 0 aliphatic carbocycles. The van der Waals surface area contributed by atoms with Crippen molar-refractivity contribution in [1.82, 2.24) is 4.98 Å². The molecule has 1 heterocycles. The summed E-state index contributed by atoms with van der Waals surface area (Å²) in [5, 5.41) is 1.22. The van der Waals surface area contributed by atoms with E-state index in [1.165, 1.54) is 14.5 Å². The molecule has 3 heteroatoms. The second-order valence-electron chi connectivity index (χ2n) is 2.77. The van der Waals surface area contributed by atoms with E-state index in [1.54, 1.807) is 11.3 Å². The molecule has 0 saturated heterocycles. The van der Waals surface area contributed by atoms with Crippen LogP contribution in [0.5, 0.6) is 0 Å². The zero-order valence-electron chi connectivity index (χ0n) is 7.02. The second-order valence-corrected chi connectivity index (χ2v) is 5.18. The number of halogens is 1. The lowest BCUT2D eigenvalue weighted by molar-refractivity contribution is 0.819. The van der Waals surface area contributed by atoms with Crippen LogP contribution in [0.25, 0.3) is 0 Å². The first-order chi connectivity index (χ1) is 5.15. The molecule has 62 valence electrons. The minimum Gasteiger partial charge on any atom is -0.245 e. The standard InChI is InChI=1S/C8H12BrNS/c1-4-6-10-7(5(2)3)8(9)11-6/h5H,4H2,1-3H3. The molecule has 1 aromatic rings. The summed E-state index contributed by atoms with van der Waals surface area (Å²) >= 11 is 5.26. The van der Waals surface area contributed by atoms with Crippen molar-refractivity contribution in [2.75, 3.05) is 0 Å². The SMILES string of the molecule is CCc1nc(C(C)C)c(Br)s1. The van der Waals surface area contributed by atoms with Crippen LogP contribution in [0.2, 0.25) is 0 Å². The molecule has 11 heavy (non-hydrogen) atoms. The molecule has 0 aromatic carbocycles. The number of hydrogen-bond donors (Lipinski definition) is 0. The van der Waals surface area contributed by atoms with Gasteiger partial charge >= 0.3 is 0 Å². The van der Waals surface area contributed by atoms with E-state index in [1.807, 2.05) is 0 Å². The maximum Gasteiger partial charge on any atom is 0.0937 e. The van der Waals surface area contributed by atoms with Gasteiger partial charge in [-0.2, -0.15) is 0 Å². The van der Waals surface area contributed by atoms with Gasteiger partial charge in [0.25, 0.3) is 0 Å². The first-order valence-electron chi connectivity index (χ1n) is 3.80. The monoisotopic (exact) mass is 233 g/mol. The zero-order chi connectivity index (χ0) is 8.43. The maximum atomic E-state index is 4.50. The molecule has 0 unspecified atom stereocenters. The first-order valence-corrected chi connectivity index (χ1v) is 5.41. The Labute approximate surface area is 80.0 Å². The van der Waals surface area contributed by atoms with Crippen molar-refractivity contribution in [2.24, 2.45) is 0 Å². The summed E-state index contributed by atoms with van der Waals surface area (Å²) in [5.74, 6) is 0.529. The third-order valence-electron chi connectivity index (χ3n) is 1.50. The molecule has 0 aliphatic rings. The van der Waals surface area contributed by atoms with Crippen LogP contribution in [0.4, 0.5) is 0 Å². The minimum absolute atomic E-state index is 0.529. The van der Waals surface area contributed by atoms with Gasteiger partial charge in [-0.25, -0.2) is 4.98 Å². The van der Waals surface area contributed by atoms with E-state index < -0.39 is 0 Å². The molecule has 0 N–H and O–H groups in total. The number of nitrogens with zero attached hydrogens (tertiary/aromatic N) is 1. The largest absolute Gasteiger partial charge is 0.245 e. The van der Waals surface area contributed by atoms with Crippen LogP contribution in [0, 0.1) is 0 Å². The highest BCUT2D eigenvalue weighted by Crippen LogP contribution is 2.30. The number of aryl methyl sites for hydroxylation is 1. The Balaban J connectivity index is 2.97. The Bertz CT molecular complexity index is 242. The van der Waals surface area contributed by atoms with Crippen LogP contribution in [-0.2, 0) is 6.42 Å². The highest BCUT2D eigenvalue weighted by molar-refractivity contribution is 9.11. The molecule has 0 amide bonds. The van der Waals surface area contributed by atoms with Crippen LogP contribution in [0.1, 0.15) is 37.4 Å². The second kappa shape index (κ2) is 3.68. The Morgan fingerprint density at radius 2 is 2.18 bits per heavy atom. The van der Waals surface area contributed by atoms with Gasteiger partial charge in [-0.1, -0.05) is 20.8 Å². The van der Waals surface area contributed by atoms with E-state index >= 15 is 0 Å². The fourth-order valence-corrected chi connectivity index (χ4v) is 2.85. The van der Waals surface area contributed by atoms with Crippen molar-refractivity contribution in [1.29, 1.82) is 0 Å². The summed E-state index contributed by atoms with van der Waals surface area (Å²) in [7, 11) is 0. The fourth-order valence-electron chi connectivity index (χ4n) is 0.864. The average Bonchev–Trinajstić information content (AvgIpc) is 2.30. The van der Waals surface area contributed by atoms with Crippen molar-refractivity contribution in [2.45, 2.75) is 33.1 Å². The summed E-state index contributed by atoms with van der Waals surface area (Å²) in [6.45, 7) is 6.47. The number of aromatic nitrogens is 1. The first kappa shape index (κ1) is 9.20. The van der Waals surface area contributed by atoms with E-state index in [4.69, 9.17) is 0 Å². The Hall–Kier alpha value is 0.110. The molecule has 1 nitrogen and oxygen atoms in total. The van der Waals surface area contributed by atoms with Crippen molar-refractivity contribution >= 4 is 27.3 Å². The van der Waals surface area contributed by atoms with Gasteiger partial charge < -0.3 is 0 Å². The van der Waals surface area contributed by atoms with E-state index in [0.29, 0.717) is 5.92 Å². The van der Waals surface area contributed by atoms with E-state index in [2.05, 4.69) is 41.7 Å². The molecular formula is C8H12BrNS.